The van der Waals surface area contributed by atoms with Gasteiger partial charge in [-0.05, 0) is 79.1 Å². The van der Waals surface area contributed by atoms with Crippen molar-refractivity contribution in [1.82, 2.24) is 15.5 Å². The molecule has 1 amide bonds. The maximum Gasteiger partial charge on any atom is 0.270 e. The number of nitrogens with zero attached hydrogens (tertiary/aromatic N) is 2. The van der Waals surface area contributed by atoms with Crippen LogP contribution in [0.1, 0.15) is 49.7 Å². The van der Waals surface area contributed by atoms with Crippen LogP contribution in [0.5, 0.6) is 0 Å². The fourth-order valence-corrected chi connectivity index (χ4v) is 5.71. The van der Waals surface area contributed by atoms with Gasteiger partial charge in [0.1, 0.15) is 11.5 Å². The molecule has 7 heteroatoms. The van der Waals surface area contributed by atoms with Gasteiger partial charge in [-0.2, -0.15) is 0 Å². The molecule has 3 aliphatic rings. The minimum atomic E-state index is -0.179. The van der Waals surface area contributed by atoms with Crippen molar-refractivity contribution in [1.29, 1.82) is 0 Å². The van der Waals surface area contributed by atoms with Gasteiger partial charge in [0.15, 0.2) is 0 Å². The summed E-state index contributed by atoms with van der Waals surface area (Å²) in [5.74, 6) is 0.208. The first kappa shape index (κ1) is 26.3. The van der Waals surface area contributed by atoms with Crippen molar-refractivity contribution < 1.29 is 9.18 Å². The minimum absolute atomic E-state index is 0.0924. The van der Waals surface area contributed by atoms with Gasteiger partial charge in [-0.15, -0.1) is 0 Å². The van der Waals surface area contributed by atoms with Crippen molar-refractivity contribution in [2.45, 2.75) is 45.1 Å². The molecule has 0 atom stereocenters. The minimum Gasteiger partial charge on any atom is -0.386 e. The summed E-state index contributed by atoms with van der Waals surface area (Å²) < 4.78 is 14.3. The number of rotatable bonds is 6. The average molecular weight is 578 g/mol. The zero-order valence-corrected chi connectivity index (χ0v) is 23.3. The molecule has 2 aromatic rings. The number of nitrogens with one attached hydrogen (secondary N) is 2. The first-order chi connectivity index (χ1) is 18.5. The molecular weight excluding hydrogens is 543 g/mol. The van der Waals surface area contributed by atoms with Gasteiger partial charge in [0.05, 0.1) is 0 Å². The molecule has 198 valence electrons. The number of benzene rings is 2. The molecule has 1 saturated heterocycles. The van der Waals surface area contributed by atoms with Gasteiger partial charge in [-0.1, -0.05) is 53.2 Å². The van der Waals surface area contributed by atoms with Crippen LogP contribution in [0, 0.1) is 5.82 Å². The lowest BCUT2D eigenvalue weighted by molar-refractivity contribution is -0.118. The highest BCUT2D eigenvalue weighted by Gasteiger charge is 2.25. The van der Waals surface area contributed by atoms with Crippen LogP contribution in [0.2, 0.25) is 0 Å². The Hall–Kier alpha value is -3.32. The quantitative estimate of drug-likeness (QED) is 0.416. The fraction of sp³-hybridized carbons (Fsp3) is 0.323. The molecule has 0 saturated carbocycles. The predicted octanol–water partition coefficient (Wildman–Crippen LogP) is 6.43. The number of fused-ring (bicyclic) bond motifs is 1. The summed E-state index contributed by atoms with van der Waals surface area (Å²) in [7, 11) is 0. The van der Waals surface area contributed by atoms with Crippen molar-refractivity contribution >= 4 is 27.5 Å². The number of allylic oxidation sites excluding steroid dienone is 4. The standard InChI is InChI=1S/C31H34BrFN4O/c1-2-29-30(37-19-15-25(32)20-28(37)4-3-16-34-29)31(38)35-21-22-5-11-27(12-6-22)36-17-13-24(14-18-36)23-7-9-26(33)10-8-23/h4-12,15,19-20,24,34H,2-3,13-14,16-18,21H2,1H3,(H,35,38)/b28-4+,30-29-. The van der Waals surface area contributed by atoms with Crippen LogP contribution in [-0.4, -0.2) is 30.4 Å². The first-order valence-corrected chi connectivity index (χ1v) is 14.2. The molecule has 3 heterocycles. The van der Waals surface area contributed by atoms with Crippen LogP contribution in [0.25, 0.3) is 0 Å². The van der Waals surface area contributed by atoms with Gasteiger partial charge in [0, 0.05) is 53.9 Å². The van der Waals surface area contributed by atoms with Crippen LogP contribution >= 0.6 is 15.9 Å². The number of anilines is 1. The summed E-state index contributed by atoms with van der Waals surface area (Å²) in [6, 6.07) is 15.4. The molecule has 38 heavy (non-hydrogen) atoms. The Balaban J connectivity index is 1.20. The Morgan fingerprint density at radius 2 is 1.84 bits per heavy atom. The molecule has 2 aromatic carbocycles. The number of piperidine rings is 1. The van der Waals surface area contributed by atoms with E-state index in [1.54, 1.807) is 12.1 Å². The van der Waals surface area contributed by atoms with E-state index in [0.717, 1.165) is 66.8 Å². The van der Waals surface area contributed by atoms with Crippen LogP contribution in [0.3, 0.4) is 0 Å². The topological polar surface area (TPSA) is 47.6 Å². The van der Waals surface area contributed by atoms with Crippen molar-refractivity contribution in [3.05, 3.63) is 111 Å². The van der Waals surface area contributed by atoms with Crippen molar-refractivity contribution in [3.8, 4) is 0 Å². The van der Waals surface area contributed by atoms with E-state index >= 15 is 0 Å². The summed E-state index contributed by atoms with van der Waals surface area (Å²) in [4.78, 5) is 17.8. The van der Waals surface area contributed by atoms with E-state index in [4.69, 9.17) is 0 Å². The van der Waals surface area contributed by atoms with E-state index in [0.29, 0.717) is 18.2 Å². The SMILES string of the molecule is CC/C1=C(\C(=O)NCc2ccc(N3CCC(c4ccc(F)cc4)CC3)cc2)N2C=CC(Br)=C/C2=C\CCN1. The molecule has 5 rings (SSSR count). The third-order valence-corrected chi connectivity index (χ3v) is 7.96. The monoisotopic (exact) mass is 576 g/mol. The van der Waals surface area contributed by atoms with Gasteiger partial charge < -0.3 is 20.4 Å². The van der Waals surface area contributed by atoms with Gasteiger partial charge in [0.25, 0.3) is 5.91 Å². The molecule has 2 N–H and O–H groups in total. The Bertz CT molecular complexity index is 1270. The number of amides is 1. The van der Waals surface area contributed by atoms with Crippen LogP contribution in [-0.2, 0) is 11.3 Å². The normalized spacial score (nSPS) is 21.4. The maximum absolute atomic E-state index is 13.4. The van der Waals surface area contributed by atoms with Crippen molar-refractivity contribution in [3.63, 3.8) is 0 Å². The molecule has 0 aliphatic carbocycles. The number of carbonyl (C=O) groups is 1. The number of carbonyl (C=O) groups excluding carboxylic acids is 1. The maximum atomic E-state index is 13.4. The highest BCUT2D eigenvalue weighted by atomic mass is 79.9. The lowest BCUT2D eigenvalue weighted by Gasteiger charge is -2.34. The zero-order valence-electron chi connectivity index (χ0n) is 21.7. The molecule has 0 unspecified atom stereocenters. The highest BCUT2D eigenvalue weighted by Crippen LogP contribution is 2.31. The summed E-state index contributed by atoms with van der Waals surface area (Å²) in [6.07, 6.45) is 11.9. The number of hydrogen-bond donors (Lipinski definition) is 2. The second kappa shape index (κ2) is 12.0. The second-order valence-corrected chi connectivity index (χ2v) is 10.8. The first-order valence-electron chi connectivity index (χ1n) is 13.4. The van der Waals surface area contributed by atoms with Crippen LogP contribution in [0.15, 0.2) is 94.5 Å². The Labute approximate surface area is 232 Å². The summed E-state index contributed by atoms with van der Waals surface area (Å²) in [6.45, 7) is 5.28. The van der Waals surface area contributed by atoms with E-state index < -0.39 is 0 Å². The van der Waals surface area contributed by atoms with Crippen LogP contribution < -0.4 is 15.5 Å². The second-order valence-electron chi connectivity index (χ2n) is 9.90. The molecule has 5 nitrogen and oxygen atoms in total. The highest BCUT2D eigenvalue weighted by molar-refractivity contribution is 9.11. The van der Waals surface area contributed by atoms with E-state index in [1.165, 1.54) is 11.3 Å². The van der Waals surface area contributed by atoms with E-state index in [9.17, 15) is 9.18 Å². The summed E-state index contributed by atoms with van der Waals surface area (Å²) >= 11 is 3.55. The van der Waals surface area contributed by atoms with Gasteiger partial charge in [-0.25, -0.2) is 4.39 Å². The molecule has 3 aliphatic heterocycles. The van der Waals surface area contributed by atoms with E-state index in [-0.39, 0.29) is 11.7 Å². The third kappa shape index (κ3) is 6.04. The van der Waals surface area contributed by atoms with Gasteiger partial charge in [-0.3, -0.25) is 4.79 Å². The lowest BCUT2D eigenvalue weighted by Crippen LogP contribution is -2.37. The number of hydrogen-bond acceptors (Lipinski definition) is 4. The predicted molar refractivity (Wildman–Crippen MR) is 155 cm³/mol. The molecule has 1 fully saturated rings. The largest absolute Gasteiger partial charge is 0.386 e. The van der Waals surface area contributed by atoms with E-state index in [2.05, 4.69) is 68.7 Å². The Morgan fingerprint density at radius 3 is 2.55 bits per heavy atom. The number of halogens is 2. The Kier molecular flexibility index (Phi) is 8.32. The van der Waals surface area contributed by atoms with Gasteiger partial charge >= 0.3 is 0 Å². The molecular formula is C31H34BrFN4O. The average Bonchev–Trinajstić information content (AvgIpc) is 2.93. The zero-order chi connectivity index (χ0) is 26.5. The fourth-order valence-electron chi connectivity index (χ4n) is 5.36. The summed E-state index contributed by atoms with van der Waals surface area (Å²) in [5, 5.41) is 6.59. The Morgan fingerprint density at radius 1 is 1.11 bits per heavy atom. The molecule has 0 aromatic heterocycles. The lowest BCUT2D eigenvalue weighted by atomic mass is 9.89. The van der Waals surface area contributed by atoms with Gasteiger partial charge in [0.2, 0.25) is 0 Å². The summed E-state index contributed by atoms with van der Waals surface area (Å²) in [5.41, 5.74) is 6.08. The van der Waals surface area contributed by atoms with Crippen LogP contribution in [0.4, 0.5) is 10.1 Å². The molecule has 0 radical (unpaired) electrons. The van der Waals surface area contributed by atoms with E-state index in [1.807, 2.05) is 35.4 Å². The molecule has 0 spiro atoms. The smallest absolute Gasteiger partial charge is 0.270 e. The van der Waals surface area contributed by atoms with Crippen molar-refractivity contribution in [2.24, 2.45) is 0 Å². The molecule has 0 bridgehead atoms. The van der Waals surface area contributed by atoms with Crippen molar-refractivity contribution in [2.75, 3.05) is 24.5 Å². The third-order valence-electron chi connectivity index (χ3n) is 7.47.